The van der Waals surface area contributed by atoms with Crippen molar-refractivity contribution in [1.82, 2.24) is 0 Å². The molecule has 0 saturated carbocycles. The lowest BCUT2D eigenvalue weighted by Gasteiger charge is -2.10. The minimum Gasteiger partial charge on any atom is -0.207 e. The Morgan fingerprint density at radius 2 is 1.25 bits per heavy atom. The van der Waals surface area contributed by atoms with Crippen LogP contribution < -0.4 is 0 Å². The second-order valence-electron chi connectivity index (χ2n) is 8.99. The smallest absolute Gasteiger partial charge is 0.159 e. The minimum absolute atomic E-state index is 0.0589. The average molecular weight is 495 g/mol. The number of hydrogen-bond donors (Lipinski definition) is 0. The summed E-state index contributed by atoms with van der Waals surface area (Å²) in [6, 6.07) is 15.3. The first-order chi connectivity index (χ1) is 17.4. The van der Waals surface area contributed by atoms with E-state index in [-0.39, 0.29) is 17.8 Å². The molecule has 0 nitrogen and oxygen atoms in total. The zero-order chi connectivity index (χ0) is 25.7. The standard InChI is InChI=1S/C31H27F5/c1-2-3-4-5-22-18-28(33)26(29(34)19-22)14-8-20-7-13-25-24(16-20)12-11-23(31(25)36)10-6-21-9-15-27(32)30(35)17-21/h2-3,7,9,11-13,15-19H,4-6,8,10,14H2,1H3/b3-2+. The zero-order valence-corrected chi connectivity index (χ0v) is 20.1. The lowest BCUT2D eigenvalue weighted by atomic mass is 9.96. The van der Waals surface area contributed by atoms with E-state index in [1.165, 1.54) is 18.2 Å². The topological polar surface area (TPSA) is 0 Å². The van der Waals surface area contributed by atoms with Crippen LogP contribution in [0.25, 0.3) is 10.8 Å². The van der Waals surface area contributed by atoms with Crippen molar-refractivity contribution < 1.29 is 22.0 Å². The van der Waals surface area contributed by atoms with E-state index in [2.05, 4.69) is 0 Å². The van der Waals surface area contributed by atoms with Crippen molar-refractivity contribution in [1.29, 1.82) is 0 Å². The molecule has 0 saturated heterocycles. The molecule has 0 heterocycles. The summed E-state index contributed by atoms with van der Waals surface area (Å²) in [4.78, 5) is 0. The monoisotopic (exact) mass is 494 g/mol. The second kappa shape index (κ2) is 11.5. The first-order valence-electron chi connectivity index (χ1n) is 12.1. The Morgan fingerprint density at radius 1 is 0.583 bits per heavy atom. The number of aryl methyl sites for hydroxylation is 4. The summed E-state index contributed by atoms with van der Waals surface area (Å²) < 4.78 is 70.8. The van der Waals surface area contributed by atoms with E-state index in [1.54, 1.807) is 18.2 Å². The molecule has 0 N–H and O–H groups in total. The van der Waals surface area contributed by atoms with Crippen LogP contribution in [0, 0.1) is 29.1 Å². The molecule has 4 aromatic rings. The highest BCUT2D eigenvalue weighted by Crippen LogP contribution is 2.25. The van der Waals surface area contributed by atoms with Crippen LogP contribution in [-0.4, -0.2) is 0 Å². The van der Waals surface area contributed by atoms with Gasteiger partial charge in [-0.3, -0.25) is 0 Å². The van der Waals surface area contributed by atoms with Gasteiger partial charge in [-0.2, -0.15) is 0 Å². The molecule has 0 spiro atoms. The van der Waals surface area contributed by atoms with E-state index in [4.69, 9.17) is 0 Å². The molecule has 186 valence electrons. The van der Waals surface area contributed by atoms with Crippen LogP contribution in [0.15, 0.2) is 72.8 Å². The molecular weight excluding hydrogens is 467 g/mol. The van der Waals surface area contributed by atoms with E-state index in [9.17, 15) is 17.6 Å². The predicted molar refractivity (Wildman–Crippen MR) is 135 cm³/mol. The molecule has 0 aromatic heterocycles. The Kier molecular flexibility index (Phi) is 8.19. The van der Waals surface area contributed by atoms with Gasteiger partial charge in [0.05, 0.1) is 0 Å². The molecule has 4 aromatic carbocycles. The van der Waals surface area contributed by atoms with Crippen LogP contribution in [0.5, 0.6) is 0 Å². The van der Waals surface area contributed by atoms with Crippen LogP contribution in [0.4, 0.5) is 22.0 Å². The van der Waals surface area contributed by atoms with Crippen molar-refractivity contribution in [2.45, 2.75) is 45.4 Å². The van der Waals surface area contributed by atoms with Gasteiger partial charge in [0, 0.05) is 10.9 Å². The lowest BCUT2D eigenvalue weighted by molar-refractivity contribution is 0.507. The molecule has 4 rings (SSSR count). The normalized spacial score (nSPS) is 11.6. The van der Waals surface area contributed by atoms with Gasteiger partial charge < -0.3 is 0 Å². The third-order valence-electron chi connectivity index (χ3n) is 6.47. The molecular formula is C31H27F5. The van der Waals surface area contributed by atoms with Crippen LogP contribution in [-0.2, 0) is 32.1 Å². The second-order valence-corrected chi connectivity index (χ2v) is 8.99. The Balaban J connectivity index is 1.45. The van der Waals surface area contributed by atoms with E-state index in [1.807, 2.05) is 31.2 Å². The maximum atomic E-state index is 15.1. The number of rotatable bonds is 9. The highest BCUT2D eigenvalue weighted by molar-refractivity contribution is 5.84. The van der Waals surface area contributed by atoms with E-state index in [0.29, 0.717) is 53.1 Å². The van der Waals surface area contributed by atoms with Gasteiger partial charge in [-0.05, 0) is 97.4 Å². The van der Waals surface area contributed by atoms with Crippen LogP contribution >= 0.6 is 0 Å². The summed E-state index contributed by atoms with van der Waals surface area (Å²) in [5, 5.41) is 1.14. The Labute approximate surface area is 208 Å². The zero-order valence-electron chi connectivity index (χ0n) is 20.1. The van der Waals surface area contributed by atoms with Gasteiger partial charge in [0.25, 0.3) is 0 Å². The summed E-state index contributed by atoms with van der Waals surface area (Å²) in [5.41, 5.74) is 2.62. The van der Waals surface area contributed by atoms with E-state index >= 15 is 4.39 Å². The Bertz CT molecular complexity index is 1380. The summed E-state index contributed by atoms with van der Waals surface area (Å²) >= 11 is 0. The SMILES string of the molecule is C/C=C/CCc1cc(F)c(CCc2ccc3c(F)c(CCc4ccc(F)c(F)c4)ccc3c2)c(F)c1. The third kappa shape index (κ3) is 6.01. The van der Waals surface area contributed by atoms with Crippen molar-refractivity contribution in [3.05, 3.63) is 130 Å². The van der Waals surface area contributed by atoms with Gasteiger partial charge in [0.2, 0.25) is 0 Å². The number of fused-ring (bicyclic) bond motifs is 1. The van der Waals surface area contributed by atoms with Crippen molar-refractivity contribution in [3.63, 3.8) is 0 Å². The van der Waals surface area contributed by atoms with Crippen molar-refractivity contribution >= 4 is 10.8 Å². The van der Waals surface area contributed by atoms with Gasteiger partial charge in [-0.25, -0.2) is 22.0 Å². The maximum absolute atomic E-state index is 15.1. The number of halogens is 5. The summed E-state index contributed by atoms with van der Waals surface area (Å²) in [5.74, 6) is -3.26. The summed E-state index contributed by atoms with van der Waals surface area (Å²) in [6.07, 6.45) is 6.52. The molecule has 0 amide bonds. The molecule has 0 atom stereocenters. The van der Waals surface area contributed by atoms with Gasteiger partial charge in [0.1, 0.15) is 17.5 Å². The minimum atomic E-state index is -0.917. The fourth-order valence-electron chi connectivity index (χ4n) is 4.43. The predicted octanol–water partition coefficient (Wildman–Crippen LogP) is 8.61. The van der Waals surface area contributed by atoms with Crippen molar-refractivity contribution in [2.75, 3.05) is 0 Å². The summed E-state index contributed by atoms with van der Waals surface area (Å²) in [6.45, 7) is 1.91. The van der Waals surface area contributed by atoms with Gasteiger partial charge >= 0.3 is 0 Å². The molecule has 0 aliphatic heterocycles. The van der Waals surface area contributed by atoms with E-state index in [0.717, 1.165) is 24.1 Å². The highest BCUT2D eigenvalue weighted by Gasteiger charge is 2.13. The molecule has 0 fully saturated rings. The quantitative estimate of drug-likeness (QED) is 0.161. The average Bonchev–Trinajstić information content (AvgIpc) is 2.85. The number of hydrogen-bond acceptors (Lipinski definition) is 0. The number of allylic oxidation sites excluding steroid dienone is 2. The van der Waals surface area contributed by atoms with E-state index < -0.39 is 23.3 Å². The van der Waals surface area contributed by atoms with Crippen LogP contribution in [0.3, 0.4) is 0 Å². The number of benzene rings is 4. The first kappa shape index (κ1) is 25.6. The third-order valence-corrected chi connectivity index (χ3v) is 6.47. The van der Waals surface area contributed by atoms with Gasteiger partial charge in [-0.1, -0.05) is 48.6 Å². The maximum Gasteiger partial charge on any atom is 0.159 e. The molecule has 0 radical (unpaired) electrons. The van der Waals surface area contributed by atoms with Crippen LogP contribution in [0.1, 0.15) is 41.2 Å². The lowest BCUT2D eigenvalue weighted by Crippen LogP contribution is -2.01. The summed E-state index contributed by atoms with van der Waals surface area (Å²) in [7, 11) is 0. The van der Waals surface area contributed by atoms with Gasteiger partial charge in [-0.15, -0.1) is 0 Å². The molecule has 36 heavy (non-hydrogen) atoms. The molecule has 0 unspecified atom stereocenters. The van der Waals surface area contributed by atoms with Crippen molar-refractivity contribution in [3.8, 4) is 0 Å². The highest BCUT2D eigenvalue weighted by atomic mass is 19.2. The largest absolute Gasteiger partial charge is 0.207 e. The Hall–Kier alpha value is -3.47. The molecule has 0 aliphatic rings. The van der Waals surface area contributed by atoms with Crippen LogP contribution in [0.2, 0.25) is 0 Å². The molecule has 5 heteroatoms. The fourth-order valence-corrected chi connectivity index (χ4v) is 4.43. The fraction of sp³-hybridized carbons (Fsp3) is 0.226. The first-order valence-corrected chi connectivity index (χ1v) is 12.1. The molecule has 0 bridgehead atoms. The van der Waals surface area contributed by atoms with Gasteiger partial charge in [0.15, 0.2) is 11.6 Å². The Morgan fingerprint density at radius 3 is 1.97 bits per heavy atom. The molecule has 0 aliphatic carbocycles. The van der Waals surface area contributed by atoms with Crippen molar-refractivity contribution in [2.24, 2.45) is 0 Å².